The third-order valence-electron chi connectivity index (χ3n) is 3.93. The van der Waals surface area contributed by atoms with Gasteiger partial charge in [-0.1, -0.05) is 25.7 Å². The van der Waals surface area contributed by atoms with E-state index in [2.05, 4.69) is 0 Å². The van der Waals surface area contributed by atoms with Gasteiger partial charge in [0.25, 0.3) is 0 Å². The van der Waals surface area contributed by atoms with Crippen molar-refractivity contribution in [2.45, 2.75) is 44.6 Å². The highest BCUT2D eigenvalue weighted by Gasteiger charge is 2.27. The number of methoxy groups -OCH3 is 1. The van der Waals surface area contributed by atoms with Crippen molar-refractivity contribution in [3.05, 3.63) is 29.3 Å². The molecule has 1 atom stereocenters. The molecule has 2 rings (SSSR count). The predicted octanol–water partition coefficient (Wildman–Crippen LogP) is 3.98. The number of hydrogen-bond acceptors (Lipinski definition) is 2. The van der Waals surface area contributed by atoms with Crippen LogP contribution in [-0.2, 0) is 0 Å². The summed E-state index contributed by atoms with van der Waals surface area (Å²) in [5.74, 6) is -1.38. The summed E-state index contributed by atoms with van der Waals surface area (Å²) in [4.78, 5) is 0. The van der Waals surface area contributed by atoms with E-state index >= 15 is 0 Å². The van der Waals surface area contributed by atoms with Crippen molar-refractivity contribution >= 4 is 0 Å². The molecule has 19 heavy (non-hydrogen) atoms. The van der Waals surface area contributed by atoms with Gasteiger partial charge in [0.05, 0.1) is 18.8 Å². The van der Waals surface area contributed by atoms with E-state index < -0.39 is 17.7 Å². The van der Waals surface area contributed by atoms with Gasteiger partial charge in [0.1, 0.15) is 17.4 Å². The van der Waals surface area contributed by atoms with Crippen molar-refractivity contribution in [1.82, 2.24) is 0 Å². The Morgan fingerprint density at radius 3 is 2.11 bits per heavy atom. The van der Waals surface area contributed by atoms with Gasteiger partial charge in [-0.25, -0.2) is 8.78 Å². The van der Waals surface area contributed by atoms with Crippen LogP contribution in [0, 0.1) is 17.6 Å². The topological polar surface area (TPSA) is 29.5 Å². The summed E-state index contributed by atoms with van der Waals surface area (Å²) in [5.41, 5.74) is -0.215. The van der Waals surface area contributed by atoms with Crippen molar-refractivity contribution in [2.24, 2.45) is 5.92 Å². The molecule has 0 saturated heterocycles. The van der Waals surface area contributed by atoms with Crippen molar-refractivity contribution in [2.75, 3.05) is 7.11 Å². The van der Waals surface area contributed by atoms with E-state index in [4.69, 9.17) is 4.74 Å². The molecule has 1 N–H and O–H groups in total. The van der Waals surface area contributed by atoms with Gasteiger partial charge in [0, 0.05) is 12.1 Å². The molecule has 0 heterocycles. The number of aliphatic hydroxyl groups excluding tert-OH is 1. The zero-order valence-electron chi connectivity index (χ0n) is 11.2. The van der Waals surface area contributed by atoms with Crippen LogP contribution in [0.5, 0.6) is 5.75 Å². The average Bonchev–Trinajstić information content (AvgIpc) is 2.66. The van der Waals surface area contributed by atoms with Gasteiger partial charge in [-0.2, -0.15) is 0 Å². The molecular weight excluding hydrogens is 250 g/mol. The van der Waals surface area contributed by atoms with Crippen molar-refractivity contribution in [3.63, 3.8) is 0 Å². The molecule has 0 bridgehead atoms. The monoisotopic (exact) mass is 270 g/mol. The van der Waals surface area contributed by atoms with Gasteiger partial charge in [0.15, 0.2) is 0 Å². The van der Waals surface area contributed by atoms with Gasteiger partial charge < -0.3 is 9.84 Å². The Morgan fingerprint density at radius 2 is 1.63 bits per heavy atom. The van der Waals surface area contributed by atoms with Gasteiger partial charge in [-0.05, 0) is 18.8 Å². The second kappa shape index (κ2) is 6.33. The second-order valence-electron chi connectivity index (χ2n) is 5.20. The number of aliphatic hydroxyl groups is 1. The minimum absolute atomic E-state index is 0.0557. The molecule has 1 saturated carbocycles. The summed E-state index contributed by atoms with van der Waals surface area (Å²) in [7, 11) is 1.36. The zero-order chi connectivity index (χ0) is 13.8. The maximum absolute atomic E-state index is 13.9. The molecule has 1 aromatic rings. The Kier molecular flexibility index (Phi) is 4.75. The maximum Gasteiger partial charge on any atom is 0.135 e. The molecule has 0 aromatic heterocycles. The highest BCUT2D eigenvalue weighted by Crippen LogP contribution is 2.36. The maximum atomic E-state index is 13.9. The smallest absolute Gasteiger partial charge is 0.135 e. The van der Waals surface area contributed by atoms with Crippen LogP contribution in [0.2, 0.25) is 0 Å². The summed E-state index contributed by atoms with van der Waals surface area (Å²) in [6.07, 6.45) is 4.89. The summed E-state index contributed by atoms with van der Waals surface area (Å²) in [6.45, 7) is 0. The van der Waals surface area contributed by atoms with Gasteiger partial charge in [-0.3, -0.25) is 0 Å². The third kappa shape index (κ3) is 3.24. The minimum atomic E-state index is -1.07. The lowest BCUT2D eigenvalue weighted by Gasteiger charge is -2.22. The van der Waals surface area contributed by atoms with Crippen LogP contribution in [0.1, 0.15) is 50.2 Å². The molecule has 1 fully saturated rings. The van der Waals surface area contributed by atoms with Crippen molar-refractivity contribution < 1.29 is 18.6 Å². The van der Waals surface area contributed by atoms with E-state index in [1.807, 2.05) is 0 Å². The van der Waals surface area contributed by atoms with Crippen LogP contribution in [-0.4, -0.2) is 12.2 Å². The first kappa shape index (κ1) is 14.3. The Balaban J connectivity index is 2.24. The second-order valence-corrected chi connectivity index (χ2v) is 5.20. The lowest BCUT2D eigenvalue weighted by atomic mass is 9.89. The number of hydrogen-bond donors (Lipinski definition) is 1. The number of halogens is 2. The lowest BCUT2D eigenvalue weighted by molar-refractivity contribution is 0.0913. The molecule has 4 heteroatoms. The molecule has 1 aliphatic carbocycles. The number of rotatable bonds is 3. The Bertz CT molecular complexity index is 403. The molecule has 1 aromatic carbocycles. The highest BCUT2D eigenvalue weighted by molar-refractivity contribution is 5.32. The molecular formula is C15H20F2O2. The van der Waals surface area contributed by atoms with E-state index in [0.29, 0.717) is 0 Å². The van der Waals surface area contributed by atoms with E-state index in [1.54, 1.807) is 0 Å². The van der Waals surface area contributed by atoms with Crippen molar-refractivity contribution in [1.29, 1.82) is 0 Å². The van der Waals surface area contributed by atoms with Gasteiger partial charge >= 0.3 is 0 Å². The fourth-order valence-electron chi connectivity index (χ4n) is 2.82. The first-order valence-electron chi connectivity index (χ1n) is 6.84. The van der Waals surface area contributed by atoms with Crippen LogP contribution in [0.15, 0.2) is 12.1 Å². The standard InChI is InChI=1S/C15H20F2O2/c1-19-11-8-12(16)14(13(17)9-11)15(18)10-6-4-2-3-5-7-10/h8-10,15,18H,2-7H2,1H3. The largest absolute Gasteiger partial charge is 0.497 e. The molecule has 106 valence electrons. The van der Waals surface area contributed by atoms with E-state index in [1.165, 1.54) is 7.11 Å². The van der Waals surface area contributed by atoms with E-state index in [-0.39, 0.29) is 17.2 Å². The Labute approximate surface area is 112 Å². The summed E-state index contributed by atoms with van der Waals surface area (Å²) >= 11 is 0. The molecule has 0 radical (unpaired) electrons. The lowest BCUT2D eigenvalue weighted by Crippen LogP contribution is -2.15. The Morgan fingerprint density at radius 1 is 1.11 bits per heavy atom. The minimum Gasteiger partial charge on any atom is -0.497 e. The molecule has 2 nitrogen and oxygen atoms in total. The molecule has 0 amide bonds. The van der Waals surface area contributed by atoms with Crippen LogP contribution < -0.4 is 4.74 Å². The fraction of sp³-hybridized carbons (Fsp3) is 0.600. The molecule has 1 unspecified atom stereocenters. The van der Waals surface area contributed by atoms with Gasteiger partial charge in [-0.15, -0.1) is 0 Å². The SMILES string of the molecule is COc1cc(F)c(C(O)C2CCCCCC2)c(F)c1. The van der Waals surface area contributed by atoms with Crippen LogP contribution in [0.25, 0.3) is 0 Å². The predicted molar refractivity (Wildman–Crippen MR) is 69.1 cm³/mol. The van der Waals surface area contributed by atoms with Crippen LogP contribution >= 0.6 is 0 Å². The van der Waals surface area contributed by atoms with Gasteiger partial charge in [0.2, 0.25) is 0 Å². The Hall–Kier alpha value is -1.16. The quantitative estimate of drug-likeness (QED) is 0.842. The molecule has 0 spiro atoms. The molecule has 1 aliphatic rings. The normalized spacial score (nSPS) is 18.9. The summed E-state index contributed by atoms with van der Waals surface area (Å²) in [5, 5.41) is 10.3. The molecule has 0 aliphatic heterocycles. The summed E-state index contributed by atoms with van der Waals surface area (Å²) in [6, 6.07) is 2.25. The highest BCUT2D eigenvalue weighted by atomic mass is 19.1. The van der Waals surface area contributed by atoms with Crippen LogP contribution in [0.4, 0.5) is 8.78 Å². The first-order chi connectivity index (χ1) is 9.13. The third-order valence-corrected chi connectivity index (χ3v) is 3.93. The fourth-order valence-corrected chi connectivity index (χ4v) is 2.82. The van der Waals surface area contributed by atoms with E-state index in [0.717, 1.165) is 50.7 Å². The summed E-state index contributed by atoms with van der Waals surface area (Å²) < 4.78 is 32.7. The zero-order valence-corrected chi connectivity index (χ0v) is 11.2. The first-order valence-corrected chi connectivity index (χ1v) is 6.84. The average molecular weight is 270 g/mol. The number of benzene rings is 1. The van der Waals surface area contributed by atoms with Crippen molar-refractivity contribution in [3.8, 4) is 5.75 Å². The van der Waals surface area contributed by atoms with Crippen LogP contribution in [0.3, 0.4) is 0 Å². The number of ether oxygens (including phenoxy) is 1. The van der Waals surface area contributed by atoms with E-state index in [9.17, 15) is 13.9 Å².